The van der Waals surface area contributed by atoms with Gasteiger partial charge in [0.05, 0.1) is 0 Å². The molecule has 51 heavy (non-hydrogen) atoms. The Hall–Kier alpha value is -4.40. The number of aryl methyl sites for hydroxylation is 3. The topological polar surface area (TPSA) is 112 Å². The van der Waals surface area contributed by atoms with Crippen LogP contribution in [0.4, 0.5) is 0 Å². The quantitative estimate of drug-likeness (QED) is 0.0578. The lowest BCUT2D eigenvalue weighted by Gasteiger charge is -2.20. The Morgan fingerprint density at radius 2 is 1.22 bits per heavy atom. The molecule has 0 amide bonds. The van der Waals surface area contributed by atoms with Crippen LogP contribution in [0.1, 0.15) is 76.5 Å². The van der Waals surface area contributed by atoms with E-state index in [-0.39, 0.29) is 45.6 Å². The lowest BCUT2D eigenvalue weighted by Crippen LogP contribution is -2.14. The molecule has 0 spiro atoms. The lowest BCUT2D eigenvalue weighted by molar-refractivity contribution is -0.140. The molecule has 0 aliphatic rings. The molecule has 0 bridgehead atoms. The maximum Gasteiger partial charge on any atom is 0.333 e. The molecular weight excluding hydrogens is 644 g/mol. The maximum absolute atomic E-state index is 12.0. The van der Waals surface area contributed by atoms with E-state index < -0.39 is 11.9 Å². The van der Waals surface area contributed by atoms with E-state index in [0.717, 1.165) is 66.3 Å². The first-order chi connectivity index (χ1) is 24.6. The molecule has 3 aromatic carbocycles. The average Bonchev–Trinajstić information content (AvgIpc) is 3.13. The molecule has 0 aromatic heterocycles. The summed E-state index contributed by atoms with van der Waals surface area (Å²) in [6.45, 7) is 15.2. The van der Waals surface area contributed by atoms with Crippen molar-refractivity contribution in [1.29, 1.82) is 0 Å². The van der Waals surface area contributed by atoms with E-state index in [0.29, 0.717) is 22.6 Å². The maximum atomic E-state index is 12.0. The summed E-state index contributed by atoms with van der Waals surface area (Å²) in [7, 11) is 0. The third-order valence-corrected chi connectivity index (χ3v) is 8.70. The highest BCUT2D eigenvalue weighted by Gasteiger charge is 2.19. The highest BCUT2D eigenvalue weighted by Crippen LogP contribution is 2.42. The van der Waals surface area contributed by atoms with Crippen molar-refractivity contribution in [2.45, 2.75) is 79.1 Å². The monoisotopic (exact) mass is 700 g/mol. The van der Waals surface area contributed by atoms with Gasteiger partial charge in [0.15, 0.2) is 0 Å². The molecule has 0 saturated carbocycles. The molecule has 276 valence electrons. The minimum absolute atomic E-state index is 0.0232. The van der Waals surface area contributed by atoms with Crippen molar-refractivity contribution in [2.75, 3.05) is 39.6 Å². The van der Waals surface area contributed by atoms with Crippen LogP contribution in [0, 0.1) is 5.92 Å². The first-order valence-corrected chi connectivity index (χ1v) is 18.1. The number of ether oxygens (including phenoxy) is 4. The smallest absolute Gasteiger partial charge is 0.333 e. The summed E-state index contributed by atoms with van der Waals surface area (Å²) in [6, 6.07) is 18.8. The molecule has 0 aliphatic carbocycles. The van der Waals surface area contributed by atoms with Crippen molar-refractivity contribution < 1.29 is 38.7 Å². The van der Waals surface area contributed by atoms with Gasteiger partial charge in [-0.2, -0.15) is 0 Å². The number of esters is 2. The fourth-order valence-electron chi connectivity index (χ4n) is 5.68. The van der Waals surface area contributed by atoms with Crippen LogP contribution in [0.2, 0.25) is 0 Å². The number of aliphatic hydroxyl groups excluding tert-OH is 2. The number of unbranched alkanes of at least 4 members (excludes halogenated alkanes) is 2. The Labute approximate surface area is 304 Å². The number of carbonyl (C=O) groups excluding carboxylic acids is 2. The largest absolute Gasteiger partial charge is 0.489 e. The highest BCUT2D eigenvalue weighted by atomic mass is 16.6. The van der Waals surface area contributed by atoms with Crippen molar-refractivity contribution in [3.63, 3.8) is 0 Å². The van der Waals surface area contributed by atoms with Crippen LogP contribution in [-0.4, -0.2) is 61.8 Å². The van der Waals surface area contributed by atoms with Gasteiger partial charge in [-0.3, -0.25) is 0 Å². The van der Waals surface area contributed by atoms with Crippen molar-refractivity contribution in [3.8, 4) is 33.8 Å². The van der Waals surface area contributed by atoms with Crippen molar-refractivity contribution in [1.82, 2.24) is 0 Å². The van der Waals surface area contributed by atoms with Gasteiger partial charge in [-0.25, -0.2) is 9.59 Å². The van der Waals surface area contributed by atoms with E-state index in [1.54, 1.807) is 13.8 Å². The van der Waals surface area contributed by atoms with Crippen LogP contribution in [0.5, 0.6) is 11.5 Å². The number of carbonyl (C=O) groups is 2. The zero-order valence-corrected chi connectivity index (χ0v) is 30.9. The zero-order chi connectivity index (χ0) is 37.2. The molecule has 0 saturated heterocycles. The van der Waals surface area contributed by atoms with Gasteiger partial charge in [-0.1, -0.05) is 82.3 Å². The van der Waals surface area contributed by atoms with Crippen LogP contribution in [0.25, 0.3) is 22.3 Å². The van der Waals surface area contributed by atoms with Crippen LogP contribution in [-0.2, 0) is 38.3 Å². The third-order valence-electron chi connectivity index (χ3n) is 8.70. The summed E-state index contributed by atoms with van der Waals surface area (Å²) >= 11 is 0. The third kappa shape index (κ3) is 13.0. The van der Waals surface area contributed by atoms with Gasteiger partial charge in [0.25, 0.3) is 0 Å². The molecule has 3 aromatic rings. The summed E-state index contributed by atoms with van der Waals surface area (Å²) in [5, 5.41) is 18.9. The summed E-state index contributed by atoms with van der Waals surface area (Å²) in [5.74, 6) is 0.178. The first kappa shape index (κ1) is 41.0. The van der Waals surface area contributed by atoms with E-state index >= 15 is 0 Å². The normalized spacial score (nSPS) is 11.0. The Morgan fingerprint density at radius 1 is 0.667 bits per heavy atom. The number of rotatable bonds is 23. The van der Waals surface area contributed by atoms with Gasteiger partial charge >= 0.3 is 11.9 Å². The van der Waals surface area contributed by atoms with E-state index in [9.17, 15) is 19.8 Å². The van der Waals surface area contributed by atoms with Crippen LogP contribution >= 0.6 is 0 Å². The van der Waals surface area contributed by atoms with Crippen molar-refractivity contribution in [3.05, 3.63) is 95.6 Å². The number of hydrogen-bond acceptors (Lipinski definition) is 8. The van der Waals surface area contributed by atoms with Gasteiger partial charge in [0.2, 0.25) is 0 Å². The zero-order valence-electron chi connectivity index (χ0n) is 30.9. The predicted octanol–water partition coefficient (Wildman–Crippen LogP) is 8.24. The molecule has 0 atom stereocenters. The van der Waals surface area contributed by atoms with Gasteiger partial charge in [-0.05, 0) is 92.3 Å². The number of aliphatic hydroxyl groups is 2. The van der Waals surface area contributed by atoms with Crippen LogP contribution in [0.15, 0.2) is 78.9 Å². The first-order valence-electron chi connectivity index (χ1n) is 18.1. The summed E-state index contributed by atoms with van der Waals surface area (Å²) < 4.78 is 23.4. The second-order valence-electron chi connectivity index (χ2n) is 13.0. The molecule has 2 N–H and O–H groups in total. The number of benzene rings is 3. The van der Waals surface area contributed by atoms with Crippen LogP contribution in [0.3, 0.4) is 0 Å². The molecule has 3 rings (SSSR count). The number of hydrogen-bond donors (Lipinski definition) is 2. The second-order valence-corrected chi connectivity index (χ2v) is 13.0. The van der Waals surface area contributed by atoms with Gasteiger partial charge < -0.3 is 29.2 Å². The lowest BCUT2D eigenvalue weighted by atomic mass is 9.91. The van der Waals surface area contributed by atoms with E-state index in [4.69, 9.17) is 18.9 Å². The molecule has 0 heterocycles. The molecular formula is C43H56O8. The van der Waals surface area contributed by atoms with E-state index in [1.165, 1.54) is 24.0 Å². The van der Waals surface area contributed by atoms with Crippen molar-refractivity contribution >= 4 is 11.9 Å². The summed E-state index contributed by atoms with van der Waals surface area (Å²) in [5.41, 5.74) is 7.77. The fourth-order valence-corrected chi connectivity index (χ4v) is 5.68. The van der Waals surface area contributed by atoms with E-state index in [1.807, 2.05) is 12.1 Å². The molecule has 8 nitrogen and oxygen atoms in total. The second kappa shape index (κ2) is 21.7. The average molecular weight is 701 g/mol. The highest BCUT2D eigenvalue weighted by molar-refractivity contribution is 5.87. The minimum atomic E-state index is -0.470. The van der Waals surface area contributed by atoms with Gasteiger partial charge in [0, 0.05) is 41.4 Å². The molecule has 0 radical (unpaired) electrons. The standard InChI is InChI=1S/C43H56O8/c1-7-9-10-12-32-15-18-36(19-16-32)38-26-41(49-22-24-51-43(47)31(5)6)39(27-40(38)48-21-23-50-42(46)30(3)4)37-20-17-33(25-35(37)8-2)13-11-14-34(28-44)29-45/h15-20,25-27,34,44-45H,3,5,7-14,21-24,28-29H2,1-2,4,6H3. The SMILES string of the molecule is C=C(C)C(=O)OCCOc1cc(-c2ccc(CCCC(CO)CO)cc2CC)c(OCCOC(=O)C(=C)C)cc1-c1ccc(CCCCC)cc1. The predicted molar refractivity (Wildman–Crippen MR) is 203 cm³/mol. The summed E-state index contributed by atoms with van der Waals surface area (Å²) in [6.07, 6.45) is 7.70. The molecule has 8 heteroatoms. The Bertz CT molecular complexity index is 1590. The fraction of sp³-hybridized carbons (Fsp3) is 0.442. The molecule has 0 fully saturated rings. The Balaban J connectivity index is 2.05. The van der Waals surface area contributed by atoms with Crippen molar-refractivity contribution in [2.24, 2.45) is 5.92 Å². The Kier molecular flexibility index (Phi) is 17.5. The Morgan fingerprint density at radius 3 is 1.76 bits per heavy atom. The molecule has 0 unspecified atom stereocenters. The van der Waals surface area contributed by atoms with Gasteiger partial charge in [-0.15, -0.1) is 0 Å². The molecule has 0 aliphatic heterocycles. The minimum Gasteiger partial charge on any atom is -0.489 e. The van der Waals surface area contributed by atoms with Crippen LogP contribution < -0.4 is 9.47 Å². The summed E-state index contributed by atoms with van der Waals surface area (Å²) in [4.78, 5) is 24.1. The van der Waals surface area contributed by atoms with Gasteiger partial charge in [0.1, 0.15) is 37.9 Å². The van der Waals surface area contributed by atoms with E-state index in [2.05, 4.69) is 69.5 Å².